The van der Waals surface area contributed by atoms with E-state index in [-0.39, 0.29) is 35.3 Å². The Morgan fingerprint density at radius 2 is 1.76 bits per heavy atom. The first-order chi connectivity index (χ1) is 19.8. The zero-order valence-corrected chi connectivity index (χ0v) is 25.8. The molecule has 0 aliphatic carbocycles. The van der Waals surface area contributed by atoms with Crippen LogP contribution in [0.15, 0.2) is 24.5 Å². The molecule has 4 heterocycles. The summed E-state index contributed by atoms with van der Waals surface area (Å²) in [5.41, 5.74) is 1.94. The second-order valence-electron chi connectivity index (χ2n) is 11.4. The quantitative estimate of drug-likeness (QED) is 0.321. The molecule has 5 rings (SSSR count). The monoisotopic (exact) mass is 598 g/mol. The van der Waals surface area contributed by atoms with Gasteiger partial charge in [-0.05, 0) is 53.7 Å². The summed E-state index contributed by atoms with van der Waals surface area (Å²) in [6, 6.07) is 3.32. The molecule has 1 saturated heterocycles. The lowest BCUT2D eigenvalue weighted by atomic mass is 10.1. The fraction of sp³-hybridized carbons (Fsp3) is 0.448. The largest absolute Gasteiger partial charge is 0.491 e. The van der Waals surface area contributed by atoms with E-state index in [0.717, 1.165) is 10.4 Å². The van der Waals surface area contributed by atoms with Crippen molar-refractivity contribution in [2.45, 2.75) is 59.2 Å². The Morgan fingerprint density at radius 1 is 1.07 bits per heavy atom. The fourth-order valence-electron chi connectivity index (χ4n) is 5.36. The average Bonchev–Trinajstić information content (AvgIpc) is 3.50. The van der Waals surface area contributed by atoms with Crippen LogP contribution >= 0.6 is 11.3 Å². The number of amides is 2. The molecule has 0 spiro atoms. The number of methoxy groups -OCH3 is 2. The minimum absolute atomic E-state index is 0.105. The number of ether oxygens (including phenoxy) is 3. The van der Waals surface area contributed by atoms with E-state index in [1.165, 1.54) is 30.0 Å². The third-order valence-electron chi connectivity index (χ3n) is 7.00. The molecule has 0 radical (unpaired) electrons. The summed E-state index contributed by atoms with van der Waals surface area (Å²) in [4.78, 5) is 39.3. The lowest BCUT2D eigenvalue weighted by Gasteiger charge is -2.45. The second kappa shape index (κ2) is 10.9. The maximum absolute atomic E-state index is 15.2. The van der Waals surface area contributed by atoms with Gasteiger partial charge in [-0.15, -0.1) is 0 Å². The van der Waals surface area contributed by atoms with Gasteiger partial charge in [0.1, 0.15) is 16.8 Å². The summed E-state index contributed by atoms with van der Waals surface area (Å²) in [5, 5.41) is 3.19. The molecule has 1 fully saturated rings. The fourth-order valence-corrected chi connectivity index (χ4v) is 6.31. The van der Waals surface area contributed by atoms with E-state index >= 15 is 4.39 Å². The number of anilines is 2. The molecular weight excluding hydrogens is 563 g/mol. The summed E-state index contributed by atoms with van der Waals surface area (Å²) in [6.07, 6.45) is 2.89. The molecule has 1 aliphatic heterocycles. The molecular formula is C29H35FN6O5S. The van der Waals surface area contributed by atoms with Gasteiger partial charge in [0.25, 0.3) is 11.1 Å². The molecule has 42 heavy (non-hydrogen) atoms. The van der Waals surface area contributed by atoms with Crippen molar-refractivity contribution in [2.75, 3.05) is 37.5 Å². The Bertz CT molecular complexity index is 1670. The topological polar surface area (TPSA) is 111 Å². The van der Waals surface area contributed by atoms with Crippen LogP contribution in [-0.2, 0) is 4.74 Å². The summed E-state index contributed by atoms with van der Waals surface area (Å²) in [7, 11) is 2.86. The summed E-state index contributed by atoms with van der Waals surface area (Å²) >= 11 is 1.33. The van der Waals surface area contributed by atoms with Gasteiger partial charge in [-0.3, -0.25) is 9.69 Å². The number of thiazole rings is 1. The first kappa shape index (κ1) is 29.4. The number of aromatic nitrogens is 3. The van der Waals surface area contributed by atoms with Crippen LogP contribution in [0, 0.1) is 12.7 Å². The molecule has 1 N–H and O–H groups in total. The molecule has 0 bridgehead atoms. The van der Waals surface area contributed by atoms with Crippen molar-refractivity contribution >= 4 is 50.6 Å². The number of pyridine rings is 1. The predicted molar refractivity (Wildman–Crippen MR) is 160 cm³/mol. The van der Waals surface area contributed by atoms with Crippen molar-refractivity contribution < 1.29 is 28.2 Å². The van der Waals surface area contributed by atoms with Crippen molar-refractivity contribution in [3.05, 3.63) is 41.6 Å². The molecule has 1 aromatic carbocycles. The normalized spacial score (nSPS) is 17.5. The van der Waals surface area contributed by atoms with E-state index in [1.54, 1.807) is 30.3 Å². The molecule has 224 valence electrons. The first-order valence-corrected chi connectivity index (χ1v) is 14.4. The molecule has 4 aromatic rings. The third kappa shape index (κ3) is 5.40. The van der Waals surface area contributed by atoms with Crippen LogP contribution in [0.2, 0.25) is 0 Å². The minimum Gasteiger partial charge on any atom is -0.491 e. The Hall–Kier alpha value is -4.13. The smallest absolute Gasteiger partial charge is 0.410 e. The number of aryl methyl sites for hydroxylation is 1. The standard InChI is InChI=1S/C29H35FN6O5S/c1-15-11-35-14-19(23(39-7)21(30)25(35)31-15)32-26(37)18-9-10-20(24-22(18)33-27(40-8)42-24)34-12-16(2)36(17(3)13-34)28(38)41-29(4,5)6/h9-11,14,16-17H,12-13H2,1-8H3,(H,32,37)/t16-,17-/m0/s1. The van der Waals surface area contributed by atoms with E-state index < -0.39 is 17.3 Å². The van der Waals surface area contributed by atoms with E-state index in [1.807, 2.05) is 40.7 Å². The number of rotatable bonds is 5. The number of fused-ring (bicyclic) bond motifs is 2. The van der Waals surface area contributed by atoms with Gasteiger partial charge >= 0.3 is 6.09 Å². The Labute approximate surface area is 247 Å². The summed E-state index contributed by atoms with van der Waals surface area (Å²) in [6.45, 7) is 12.4. The SMILES string of the molecule is COc1nc2c(C(=O)Nc3cn4cc(C)nc4c(F)c3OC)ccc(N3C[C@H](C)N(C(=O)OC(C)(C)C)[C@@H](C)C3)c2s1. The van der Waals surface area contributed by atoms with Crippen LogP contribution in [0.4, 0.5) is 20.6 Å². The van der Waals surface area contributed by atoms with E-state index in [4.69, 9.17) is 14.2 Å². The van der Waals surface area contributed by atoms with E-state index in [9.17, 15) is 9.59 Å². The highest BCUT2D eigenvalue weighted by atomic mass is 32.1. The maximum atomic E-state index is 15.2. The van der Waals surface area contributed by atoms with Crippen molar-refractivity contribution in [2.24, 2.45) is 0 Å². The van der Waals surface area contributed by atoms with Crippen LogP contribution in [0.25, 0.3) is 15.9 Å². The third-order valence-corrected chi connectivity index (χ3v) is 8.04. The number of benzene rings is 1. The molecule has 3 aromatic heterocycles. The molecule has 1 aliphatic rings. The Kier molecular flexibility index (Phi) is 7.64. The van der Waals surface area contributed by atoms with Crippen molar-refractivity contribution in [3.63, 3.8) is 0 Å². The number of carbonyl (C=O) groups is 2. The molecule has 2 amide bonds. The van der Waals surface area contributed by atoms with Gasteiger partial charge in [0, 0.05) is 25.5 Å². The zero-order chi connectivity index (χ0) is 30.5. The highest BCUT2D eigenvalue weighted by Crippen LogP contribution is 2.39. The number of nitrogens with zero attached hydrogens (tertiary/aromatic N) is 5. The number of nitrogens with one attached hydrogen (secondary N) is 1. The second-order valence-corrected chi connectivity index (χ2v) is 12.4. The highest BCUT2D eigenvalue weighted by molar-refractivity contribution is 7.21. The van der Waals surface area contributed by atoms with E-state index in [2.05, 4.69) is 20.2 Å². The van der Waals surface area contributed by atoms with Gasteiger partial charge < -0.3 is 28.8 Å². The lowest BCUT2D eigenvalue weighted by Crippen LogP contribution is -2.59. The molecule has 11 nitrogen and oxygen atoms in total. The van der Waals surface area contributed by atoms with Crippen molar-refractivity contribution in [1.82, 2.24) is 19.3 Å². The van der Waals surface area contributed by atoms with Gasteiger partial charge in [0.05, 0.1) is 47.9 Å². The van der Waals surface area contributed by atoms with Crippen LogP contribution in [0.3, 0.4) is 0 Å². The highest BCUT2D eigenvalue weighted by Gasteiger charge is 2.36. The maximum Gasteiger partial charge on any atom is 0.410 e. The minimum atomic E-state index is -0.673. The number of halogens is 1. The number of imidazole rings is 1. The van der Waals surface area contributed by atoms with Gasteiger partial charge in [-0.1, -0.05) is 11.3 Å². The summed E-state index contributed by atoms with van der Waals surface area (Å²) < 4.78 is 33.8. The number of hydrogen-bond donors (Lipinski definition) is 1. The number of piperazine rings is 1. The van der Waals surface area contributed by atoms with Crippen LogP contribution in [-0.4, -0.2) is 76.3 Å². The lowest BCUT2D eigenvalue weighted by molar-refractivity contribution is 0.00567. The summed E-state index contributed by atoms with van der Waals surface area (Å²) in [5.74, 6) is -1.27. The van der Waals surface area contributed by atoms with E-state index in [0.29, 0.717) is 35.1 Å². The number of carbonyl (C=O) groups excluding carboxylic acids is 2. The van der Waals surface area contributed by atoms with Gasteiger partial charge in [-0.25, -0.2) is 14.8 Å². The molecule has 0 saturated carbocycles. The zero-order valence-electron chi connectivity index (χ0n) is 24.9. The molecule has 0 unspecified atom stereocenters. The predicted octanol–water partition coefficient (Wildman–Crippen LogP) is 5.50. The Morgan fingerprint density at radius 3 is 2.38 bits per heavy atom. The average molecular weight is 599 g/mol. The van der Waals surface area contributed by atoms with Crippen molar-refractivity contribution in [3.8, 4) is 10.9 Å². The van der Waals surface area contributed by atoms with Crippen LogP contribution in [0.5, 0.6) is 10.9 Å². The van der Waals surface area contributed by atoms with Gasteiger partial charge in [-0.2, -0.15) is 4.39 Å². The van der Waals surface area contributed by atoms with Crippen LogP contribution in [0.1, 0.15) is 50.7 Å². The van der Waals surface area contributed by atoms with Gasteiger partial charge in [0.2, 0.25) is 5.82 Å². The molecule has 13 heteroatoms. The van der Waals surface area contributed by atoms with Crippen molar-refractivity contribution in [1.29, 1.82) is 0 Å². The number of hydrogen-bond acceptors (Lipinski definition) is 9. The Balaban J connectivity index is 1.47. The first-order valence-electron chi connectivity index (χ1n) is 13.6. The van der Waals surface area contributed by atoms with Gasteiger partial charge in [0.15, 0.2) is 11.4 Å². The van der Waals surface area contributed by atoms with Crippen LogP contribution < -0.4 is 19.7 Å². The molecule has 2 atom stereocenters.